The minimum atomic E-state index is -0.189. The van der Waals surface area contributed by atoms with Crippen LogP contribution in [-0.4, -0.2) is 34.7 Å². The Balaban J connectivity index is 1.50. The third-order valence-corrected chi connectivity index (χ3v) is 5.65. The van der Waals surface area contributed by atoms with Crippen molar-refractivity contribution in [3.8, 4) is 11.1 Å². The fraction of sp³-hybridized carbons (Fsp3) is 0.348. The van der Waals surface area contributed by atoms with Gasteiger partial charge in [0.1, 0.15) is 5.82 Å². The molecule has 0 saturated carbocycles. The van der Waals surface area contributed by atoms with E-state index in [1.54, 1.807) is 12.3 Å². The molecule has 2 aromatic carbocycles. The predicted molar refractivity (Wildman–Crippen MR) is 107 cm³/mol. The highest BCUT2D eigenvalue weighted by molar-refractivity contribution is 5.66. The molecule has 4 rings (SSSR count). The number of hydrogen-bond donors (Lipinski definition) is 1. The van der Waals surface area contributed by atoms with Crippen molar-refractivity contribution >= 4 is 0 Å². The van der Waals surface area contributed by atoms with E-state index < -0.39 is 0 Å². The van der Waals surface area contributed by atoms with Crippen LogP contribution in [0.15, 0.2) is 60.8 Å². The van der Waals surface area contributed by atoms with Crippen molar-refractivity contribution in [2.24, 2.45) is 0 Å². The average molecular weight is 363 g/mol. The van der Waals surface area contributed by atoms with Gasteiger partial charge in [-0.15, -0.1) is 0 Å². The quantitative estimate of drug-likeness (QED) is 0.676. The zero-order chi connectivity index (χ0) is 18.6. The van der Waals surface area contributed by atoms with Crippen molar-refractivity contribution in [2.45, 2.75) is 31.6 Å². The Bertz CT molecular complexity index is 874. The van der Waals surface area contributed by atoms with Gasteiger partial charge in [-0.3, -0.25) is 5.10 Å². The SMILES string of the molecule is C[C@H](CN1CCC[C@H](c2[nH]ncc2-c2ccccc2F)C1)c1ccccc1. The minimum Gasteiger partial charge on any atom is -0.302 e. The van der Waals surface area contributed by atoms with Gasteiger partial charge < -0.3 is 4.90 Å². The fourth-order valence-corrected chi connectivity index (χ4v) is 4.23. The second-order valence-corrected chi connectivity index (χ2v) is 7.59. The molecule has 1 saturated heterocycles. The van der Waals surface area contributed by atoms with E-state index in [4.69, 9.17) is 0 Å². The number of hydrogen-bond acceptors (Lipinski definition) is 2. The first-order valence-corrected chi connectivity index (χ1v) is 9.78. The first-order valence-electron chi connectivity index (χ1n) is 9.78. The summed E-state index contributed by atoms with van der Waals surface area (Å²) < 4.78 is 14.3. The number of nitrogens with zero attached hydrogens (tertiary/aromatic N) is 2. The summed E-state index contributed by atoms with van der Waals surface area (Å²) in [7, 11) is 0. The predicted octanol–water partition coefficient (Wildman–Crippen LogP) is 5.20. The normalized spacial score (nSPS) is 19.1. The average Bonchev–Trinajstić information content (AvgIpc) is 3.19. The van der Waals surface area contributed by atoms with Gasteiger partial charge in [0.15, 0.2) is 0 Å². The smallest absolute Gasteiger partial charge is 0.131 e. The number of halogens is 1. The zero-order valence-electron chi connectivity index (χ0n) is 15.7. The molecule has 1 aliphatic heterocycles. The topological polar surface area (TPSA) is 31.9 Å². The van der Waals surface area contributed by atoms with Gasteiger partial charge in [0.05, 0.1) is 6.20 Å². The van der Waals surface area contributed by atoms with Crippen LogP contribution in [0.4, 0.5) is 4.39 Å². The molecule has 1 fully saturated rings. The molecule has 0 unspecified atom stereocenters. The standard InChI is InChI=1S/C23H26FN3/c1-17(18-8-3-2-4-9-18)15-27-13-7-10-19(16-27)23-21(14-25-26-23)20-11-5-6-12-22(20)24/h2-6,8-9,11-12,14,17,19H,7,10,13,15-16H2,1H3,(H,25,26)/t17-,19+/m1/s1. The van der Waals surface area contributed by atoms with Crippen molar-refractivity contribution in [1.29, 1.82) is 0 Å². The van der Waals surface area contributed by atoms with Gasteiger partial charge in [-0.2, -0.15) is 5.10 Å². The summed E-state index contributed by atoms with van der Waals surface area (Å²) in [6, 6.07) is 17.6. The summed E-state index contributed by atoms with van der Waals surface area (Å²) in [5.41, 5.74) is 3.98. The number of rotatable bonds is 5. The van der Waals surface area contributed by atoms with Gasteiger partial charge in [0.25, 0.3) is 0 Å². The summed E-state index contributed by atoms with van der Waals surface area (Å²) in [6.07, 6.45) is 4.03. The number of aromatic amines is 1. The van der Waals surface area contributed by atoms with Gasteiger partial charge in [-0.25, -0.2) is 4.39 Å². The lowest BCUT2D eigenvalue weighted by Gasteiger charge is -2.34. The van der Waals surface area contributed by atoms with Crippen LogP contribution in [0.3, 0.4) is 0 Å². The Morgan fingerprint density at radius 1 is 1.11 bits per heavy atom. The molecule has 27 heavy (non-hydrogen) atoms. The summed E-state index contributed by atoms with van der Waals surface area (Å²) in [6.45, 7) is 5.45. The molecule has 140 valence electrons. The molecule has 0 spiro atoms. The molecule has 1 N–H and O–H groups in total. The van der Waals surface area contributed by atoms with Crippen molar-refractivity contribution in [3.05, 3.63) is 77.9 Å². The molecule has 4 heteroatoms. The maximum absolute atomic E-state index is 14.3. The largest absolute Gasteiger partial charge is 0.302 e. The fourth-order valence-electron chi connectivity index (χ4n) is 4.23. The maximum Gasteiger partial charge on any atom is 0.131 e. The minimum absolute atomic E-state index is 0.189. The lowest BCUT2D eigenvalue weighted by Crippen LogP contribution is -2.37. The molecule has 0 aliphatic carbocycles. The first kappa shape index (κ1) is 17.9. The second kappa shape index (κ2) is 8.05. The molecule has 2 heterocycles. The zero-order valence-corrected chi connectivity index (χ0v) is 15.7. The number of piperidine rings is 1. The molecule has 1 aliphatic rings. The van der Waals surface area contributed by atoms with Crippen LogP contribution in [0, 0.1) is 5.82 Å². The van der Waals surface area contributed by atoms with Crippen LogP contribution in [-0.2, 0) is 0 Å². The van der Waals surface area contributed by atoms with Crippen molar-refractivity contribution in [1.82, 2.24) is 15.1 Å². The number of aromatic nitrogens is 2. The van der Waals surface area contributed by atoms with E-state index in [2.05, 4.69) is 52.4 Å². The van der Waals surface area contributed by atoms with Crippen LogP contribution >= 0.6 is 0 Å². The Labute approximate surface area is 160 Å². The van der Waals surface area contributed by atoms with Crippen LogP contribution < -0.4 is 0 Å². The van der Waals surface area contributed by atoms with Gasteiger partial charge in [0.2, 0.25) is 0 Å². The molecule has 2 atom stereocenters. The lowest BCUT2D eigenvalue weighted by atomic mass is 9.89. The number of H-pyrrole nitrogens is 1. The van der Waals surface area contributed by atoms with Gasteiger partial charge in [0, 0.05) is 35.8 Å². The Morgan fingerprint density at radius 3 is 2.70 bits per heavy atom. The van der Waals surface area contributed by atoms with Crippen LogP contribution in [0.5, 0.6) is 0 Å². The Kier molecular flexibility index (Phi) is 5.35. The van der Waals surface area contributed by atoms with Crippen molar-refractivity contribution < 1.29 is 4.39 Å². The van der Waals surface area contributed by atoms with E-state index in [1.165, 1.54) is 11.6 Å². The van der Waals surface area contributed by atoms with Crippen LogP contribution in [0.2, 0.25) is 0 Å². The van der Waals surface area contributed by atoms with Crippen LogP contribution in [0.1, 0.15) is 42.9 Å². The van der Waals surface area contributed by atoms with E-state index in [9.17, 15) is 4.39 Å². The second-order valence-electron chi connectivity index (χ2n) is 7.59. The molecule has 0 bridgehead atoms. The van der Waals surface area contributed by atoms with Gasteiger partial charge in [-0.1, -0.05) is 55.5 Å². The summed E-state index contributed by atoms with van der Waals surface area (Å²) in [5.74, 6) is 0.669. The van der Waals surface area contributed by atoms with E-state index in [0.29, 0.717) is 17.4 Å². The van der Waals surface area contributed by atoms with E-state index in [0.717, 1.165) is 43.7 Å². The number of likely N-dealkylation sites (tertiary alicyclic amines) is 1. The molecule has 3 aromatic rings. The van der Waals surface area contributed by atoms with E-state index in [-0.39, 0.29) is 5.82 Å². The molecule has 3 nitrogen and oxygen atoms in total. The van der Waals surface area contributed by atoms with E-state index >= 15 is 0 Å². The lowest BCUT2D eigenvalue weighted by molar-refractivity contribution is 0.197. The summed E-state index contributed by atoms with van der Waals surface area (Å²) >= 11 is 0. The molecular formula is C23H26FN3. The first-order chi connectivity index (χ1) is 13.2. The van der Waals surface area contributed by atoms with Gasteiger partial charge in [-0.05, 0) is 36.9 Å². The molecule has 0 radical (unpaired) electrons. The molecule has 0 amide bonds. The maximum atomic E-state index is 14.3. The third-order valence-electron chi connectivity index (χ3n) is 5.65. The third kappa shape index (κ3) is 3.96. The Hall–Kier alpha value is -2.46. The summed E-state index contributed by atoms with van der Waals surface area (Å²) in [5, 5.41) is 7.40. The molecular weight excluding hydrogens is 337 g/mol. The summed E-state index contributed by atoms with van der Waals surface area (Å²) in [4.78, 5) is 2.54. The highest BCUT2D eigenvalue weighted by Crippen LogP contribution is 2.34. The van der Waals surface area contributed by atoms with E-state index in [1.807, 2.05) is 12.1 Å². The number of benzene rings is 2. The Morgan fingerprint density at radius 2 is 1.89 bits per heavy atom. The molecule has 1 aromatic heterocycles. The van der Waals surface area contributed by atoms with Crippen molar-refractivity contribution in [3.63, 3.8) is 0 Å². The van der Waals surface area contributed by atoms with Crippen LogP contribution in [0.25, 0.3) is 11.1 Å². The van der Waals surface area contributed by atoms with Gasteiger partial charge >= 0.3 is 0 Å². The highest BCUT2D eigenvalue weighted by Gasteiger charge is 2.26. The monoisotopic (exact) mass is 363 g/mol. The highest BCUT2D eigenvalue weighted by atomic mass is 19.1. The van der Waals surface area contributed by atoms with Crippen molar-refractivity contribution in [2.75, 3.05) is 19.6 Å². The number of nitrogens with one attached hydrogen (secondary N) is 1.